The molecule has 0 saturated carbocycles. The predicted molar refractivity (Wildman–Crippen MR) is 296 cm³/mol. The normalized spacial score (nSPS) is 11.4. The van der Waals surface area contributed by atoms with Gasteiger partial charge in [-0.3, -0.25) is 20.1 Å². The molecule has 2 aromatic carbocycles. The number of nitrogens with two attached hydrogens (primary N) is 1. The van der Waals surface area contributed by atoms with Gasteiger partial charge in [0.05, 0.1) is 28.9 Å². The maximum atomic E-state index is 13.7. The molecule has 10 rings (SSSR count). The molecule has 8 aromatic heterocycles. The number of terminal acetylenes is 1. The molecule has 0 atom stereocenters. The number of aromatic nitrogens is 9. The molecule has 0 aliphatic heterocycles. The molecule has 0 unspecified atom stereocenters. The van der Waals surface area contributed by atoms with Crippen LogP contribution in [-0.2, 0) is 6.42 Å². The number of pyridine rings is 3. The zero-order valence-electron chi connectivity index (χ0n) is 40.9. The highest BCUT2D eigenvalue weighted by molar-refractivity contribution is 7.14. The fourth-order valence-electron chi connectivity index (χ4n) is 8.03. The molecule has 0 saturated heterocycles. The number of hydrogen-bond acceptors (Lipinski definition) is 10. The van der Waals surface area contributed by atoms with E-state index in [9.17, 15) is 8.78 Å². The molecule has 0 fully saturated rings. The van der Waals surface area contributed by atoms with Crippen molar-refractivity contribution in [3.8, 4) is 56.4 Å². The van der Waals surface area contributed by atoms with Gasteiger partial charge >= 0.3 is 0 Å². The van der Waals surface area contributed by atoms with Gasteiger partial charge in [-0.25, -0.2) is 9.97 Å². The Morgan fingerprint density at radius 3 is 2.07 bits per heavy atom. The lowest BCUT2D eigenvalue weighted by Crippen LogP contribution is -2.12. The SMILES string of the molecule is C#C.C=C/C(=C\C(=C/C)c1ccc2[nH]nc(-c3nc4c(-c5ccc(F)s5)cncc4[nH]3)c2c1)NC(=C)CC(C)C.CC.Cc1ccncc1-c1ccc(N)c(Cc2nc3c(-c4ccc(F)s4)cncc3[nH]2)c1. The van der Waals surface area contributed by atoms with Crippen molar-refractivity contribution in [2.75, 3.05) is 5.73 Å². The number of benzene rings is 2. The summed E-state index contributed by atoms with van der Waals surface area (Å²) in [6.07, 6.45) is 25.9. The number of allylic oxidation sites excluding steroid dienone is 5. The monoisotopic (exact) mass is 995 g/mol. The molecule has 0 radical (unpaired) electrons. The second-order valence-electron chi connectivity index (χ2n) is 16.6. The van der Waals surface area contributed by atoms with Crippen LogP contribution in [0.5, 0.6) is 0 Å². The summed E-state index contributed by atoms with van der Waals surface area (Å²) in [6.45, 7) is 20.5. The molecule has 72 heavy (non-hydrogen) atoms. The van der Waals surface area contributed by atoms with Gasteiger partial charge < -0.3 is 21.0 Å². The van der Waals surface area contributed by atoms with Crippen molar-refractivity contribution < 1.29 is 8.78 Å². The van der Waals surface area contributed by atoms with Crippen LogP contribution in [-0.4, -0.2) is 45.1 Å². The van der Waals surface area contributed by atoms with Crippen LogP contribution < -0.4 is 11.1 Å². The van der Waals surface area contributed by atoms with Gasteiger partial charge in [-0.2, -0.15) is 13.9 Å². The highest BCUT2D eigenvalue weighted by Crippen LogP contribution is 2.36. The number of halogens is 2. The van der Waals surface area contributed by atoms with Crippen LogP contribution in [0.2, 0.25) is 0 Å². The average Bonchev–Trinajstić information content (AvgIpc) is 4.25. The minimum Gasteiger partial charge on any atom is -0.398 e. The molecule has 364 valence electrons. The number of rotatable bonds is 13. The number of anilines is 1. The molecule has 8 heterocycles. The van der Waals surface area contributed by atoms with Crippen molar-refractivity contribution in [2.45, 2.75) is 54.4 Å². The fraction of sp³-hybridized carbons (Fsp3) is 0.158. The van der Waals surface area contributed by atoms with Crippen molar-refractivity contribution >= 4 is 66.9 Å². The molecule has 6 N–H and O–H groups in total. The van der Waals surface area contributed by atoms with Crippen molar-refractivity contribution in [1.29, 1.82) is 0 Å². The van der Waals surface area contributed by atoms with E-state index in [0.29, 0.717) is 29.5 Å². The number of nitrogens with zero attached hydrogens (tertiary/aromatic N) is 6. The number of hydrogen-bond donors (Lipinski definition) is 5. The summed E-state index contributed by atoms with van der Waals surface area (Å²) in [4.78, 5) is 30.7. The van der Waals surface area contributed by atoms with E-state index < -0.39 is 0 Å². The van der Waals surface area contributed by atoms with Crippen LogP contribution >= 0.6 is 22.7 Å². The number of imidazole rings is 2. The Hall–Kier alpha value is -8.32. The lowest BCUT2D eigenvalue weighted by atomic mass is 9.98. The standard InChI is InChI=1S/C30H29FN6S.C23H18FN5S.C2H6.C2H2/c1-6-19(13-21(7-2)33-18(5)12-17(3)4)20-8-9-24-22(14-20)29(37-36-24)30-34-25-16-32-15-23(28(25)35-30)26-10-11-27(31)38-26;1-13-6-7-26-10-16(13)14-2-3-18(25)15(8-14)9-22-28-19-12-27-11-17(23(19)29-22)20-4-5-21(24)30-20;2*1-2/h6-11,13-17,33H,2,5,12H2,1,3-4H3,(H,34,35)(H,36,37);2-8,10-12H,9,25H2,1H3,(H,28,29);1-2H3;1-2H/b19-6+,21-13+;;;. The zero-order chi connectivity index (χ0) is 51.5. The van der Waals surface area contributed by atoms with E-state index in [2.05, 4.69) is 118 Å². The van der Waals surface area contributed by atoms with Gasteiger partial charge in [-0.15, -0.1) is 35.5 Å². The topological polar surface area (TPSA) is 163 Å². The van der Waals surface area contributed by atoms with Gasteiger partial charge in [-0.05, 0) is 121 Å². The first-order valence-corrected chi connectivity index (χ1v) is 24.8. The second kappa shape index (κ2) is 23.5. The van der Waals surface area contributed by atoms with Crippen molar-refractivity contribution in [3.63, 3.8) is 0 Å². The number of H-pyrrole nitrogens is 3. The van der Waals surface area contributed by atoms with Crippen LogP contribution in [0.1, 0.15) is 63.6 Å². The molecule has 0 aliphatic rings. The molecule has 0 spiro atoms. The first kappa shape index (κ1) is 51.5. The summed E-state index contributed by atoms with van der Waals surface area (Å²) < 4.78 is 27.2. The van der Waals surface area contributed by atoms with Crippen molar-refractivity contribution in [3.05, 3.63) is 179 Å². The summed E-state index contributed by atoms with van der Waals surface area (Å²) in [5.74, 6) is 1.91. The number of nitrogen functional groups attached to an aromatic ring is 1. The Bertz CT molecular complexity index is 3600. The quantitative estimate of drug-likeness (QED) is 0.0433. The summed E-state index contributed by atoms with van der Waals surface area (Å²) in [6, 6.07) is 20.6. The van der Waals surface area contributed by atoms with Crippen LogP contribution in [0.3, 0.4) is 0 Å². The summed E-state index contributed by atoms with van der Waals surface area (Å²) in [5, 5.41) is 11.5. The van der Waals surface area contributed by atoms with E-state index >= 15 is 0 Å². The number of aryl methyl sites for hydroxylation is 1. The van der Waals surface area contributed by atoms with Gasteiger partial charge in [0, 0.05) is 80.1 Å². The van der Waals surface area contributed by atoms with E-state index in [0.717, 1.165) is 134 Å². The Kier molecular flexibility index (Phi) is 16.8. The second-order valence-corrected chi connectivity index (χ2v) is 18.7. The minimum atomic E-state index is -0.244. The Labute approximate surface area is 425 Å². The first-order valence-electron chi connectivity index (χ1n) is 23.2. The van der Waals surface area contributed by atoms with E-state index in [1.165, 1.54) is 12.1 Å². The smallest absolute Gasteiger partial charge is 0.176 e. The molecule has 0 aliphatic carbocycles. The summed E-state index contributed by atoms with van der Waals surface area (Å²) in [7, 11) is 0. The van der Waals surface area contributed by atoms with E-state index in [1.54, 1.807) is 49.2 Å². The van der Waals surface area contributed by atoms with Crippen LogP contribution in [0.4, 0.5) is 14.5 Å². The number of aromatic amines is 3. The van der Waals surface area contributed by atoms with Gasteiger partial charge in [0.15, 0.2) is 16.1 Å². The average molecular weight is 996 g/mol. The molecular weight excluding hydrogens is 941 g/mol. The maximum absolute atomic E-state index is 13.7. The Balaban J connectivity index is 0.000000202. The highest BCUT2D eigenvalue weighted by Gasteiger charge is 2.18. The minimum absolute atomic E-state index is 0.229. The van der Waals surface area contributed by atoms with Gasteiger partial charge in [-0.1, -0.05) is 59.1 Å². The molecule has 11 nitrogen and oxygen atoms in total. The summed E-state index contributed by atoms with van der Waals surface area (Å²) >= 11 is 2.16. The third-order valence-corrected chi connectivity index (χ3v) is 13.1. The molecular formula is C57H55F2N11S2. The molecule has 0 amide bonds. The van der Waals surface area contributed by atoms with E-state index in [4.69, 9.17) is 15.7 Å². The van der Waals surface area contributed by atoms with Gasteiger partial charge in [0.2, 0.25) is 0 Å². The van der Waals surface area contributed by atoms with E-state index in [-0.39, 0.29) is 10.3 Å². The molecule has 0 bridgehead atoms. The Morgan fingerprint density at radius 2 is 1.46 bits per heavy atom. The first-order chi connectivity index (χ1) is 34.9. The van der Waals surface area contributed by atoms with Crippen molar-refractivity contribution in [2.24, 2.45) is 5.92 Å². The van der Waals surface area contributed by atoms with Crippen molar-refractivity contribution in [1.82, 2.24) is 50.4 Å². The molecule has 15 heteroatoms. The van der Waals surface area contributed by atoms with Crippen LogP contribution in [0, 0.1) is 36.0 Å². The number of thiophene rings is 2. The van der Waals surface area contributed by atoms with E-state index in [1.807, 2.05) is 51.2 Å². The zero-order valence-corrected chi connectivity index (χ0v) is 42.6. The summed E-state index contributed by atoms with van der Waals surface area (Å²) in [5.41, 5.74) is 21.4. The lowest BCUT2D eigenvalue weighted by molar-refractivity contribution is 0.622. The number of fused-ring (bicyclic) bond motifs is 3. The maximum Gasteiger partial charge on any atom is 0.176 e. The third-order valence-electron chi connectivity index (χ3n) is 11.3. The van der Waals surface area contributed by atoms with Crippen LogP contribution in [0.15, 0.2) is 147 Å². The lowest BCUT2D eigenvalue weighted by Gasteiger charge is -2.13. The number of nitrogens with one attached hydrogen (secondary N) is 4. The van der Waals surface area contributed by atoms with Crippen LogP contribution in [0.25, 0.3) is 82.1 Å². The highest BCUT2D eigenvalue weighted by atomic mass is 32.1. The largest absolute Gasteiger partial charge is 0.398 e. The third kappa shape index (κ3) is 11.6. The van der Waals surface area contributed by atoms with Gasteiger partial charge in [0.25, 0.3) is 0 Å². The Morgan fingerprint density at radius 1 is 0.806 bits per heavy atom. The fourth-order valence-corrected chi connectivity index (χ4v) is 9.52. The van der Waals surface area contributed by atoms with Gasteiger partial charge in [0.1, 0.15) is 22.6 Å². The predicted octanol–water partition coefficient (Wildman–Crippen LogP) is 14.6. The molecule has 10 aromatic rings.